The van der Waals surface area contributed by atoms with Crippen molar-refractivity contribution < 1.29 is 0 Å². The van der Waals surface area contributed by atoms with Crippen molar-refractivity contribution >= 4 is 24.1 Å². The molecule has 0 spiro atoms. The molecular formula is C21H25NSi. The van der Waals surface area contributed by atoms with Gasteiger partial charge in [0.15, 0.2) is 0 Å². The fourth-order valence-electron chi connectivity index (χ4n) is 5.35. The molecule has 2 bridgehead atoms. The van der Waals surface area contributed by atoms with Crippen molar-refractivity contribution in [2.45, 2.75) is 44.2 Å². The van der Waals surface area contributed by atoms with Crippen LogP contribution in [0.4, 0.5) is 5.69 Å². The van der Waals surface area contributed by atoms with E-state index in [0.717, 1.165) is 5.54 Å². The van der Waals surface area contributed by atoms with Gasteiger partial charge in [-0.1, -0.05) is 48.1 Å². The highest BCUT2D eigenvalue weighted by Gasteiger charge is 2.47. The molecule has 118 valence electrons. The minimum Gasteiger partial charge on any atom is -0.372 e. The summed E-state index contributed by atoms with van der Waals surface area (Å²) in [7, 11) is -1.64. The molecule has 23 heavy (non-hydrogen) atoms. The van der Waals surface area contributed by atoms with Crippen LogP contribution in [0.15, 0.2) is 42.5 Å². The summed E-state index contributed by atoms with van der Waals surface area (Å²) in [5, 5.41) is 3.38. The van der Waals surface area contributed by atoms with Crippen molar-refractivity contribution in [3.05, 3.63) is 53.6 Å². The van der Waals surface area contributed by atoms with Crippen molar-refractivity contribution in [1.29, 1.82) is 0 Å². The van der Waals surface area contributed by atoms with Crippen LogP contribution in [-0.4, -0.2) is 21.2 Å². The van der Waals surface area contributed by atoms with E-state index in [2.05, 4.69) is 53.9 Å². The first kappa shape index (κ1) is 13.9. The van der Waals surface area contributed by atoms with Gasteiger partial charge in [0.2, 0.25) is 0 Å². The van der Waals surface area contributed by atoms with Gasteiger partial charge >= 0.3 is 0 Å². The van der Waals surface area contributed by atoms with Gasteiger partial charge in [-0.05, 0) is 60.0 Å². The zero-order chi connectivity index (χ0) is 15.4. The maximum atomic E-state index is 2.71. The van der Waals surface area contributed by atoms with Crippen LogP contribution in [0.1, 0.15) is 30.4 Å². The average molecular weight is 320 g/mol. The Hall–Kier alpha value is -1.54. The van der Waals surface area contributed by atoms with Gasteiger partial charge in [-0.2, -0.15) is 0 Å². The van der Waals surface area contributed by atoms with Crippen LogP contribution in [0.3, 0.4) is 0 Å². The molecule has 0 radical (unpaired) electrons. The minimum atomic E-state index is -1.64. The van der Waals surface area contributed by atoms with Gasteiger partial charge in [-0.3, -0.25) is 0 Å². The van der Waals surface area contributed by atoms with Gasteiger partial charge in [0.25, 0.3) is 0 Å². The molecule has 2 aliphatic heterocycles. The highest BCUT2D eigenvalue weighted by Crippen LogP contribution is 2.41. The van der Waals surface area contributed by atoms with E-state index in [0.29, 0.717) is 0 Å². The molecule has 0 amide bonds. The molecule has 1 saturated heterocycles. The Balaban J connectivity index is 1.77. The van der Waals surface area contributed by atoms with E-state index >= 15 is 0 Å². The van der Waals surface area contributed by atoms with Crippen LogP contribution in [0.25, 0.3) is 0 Å². The Morgan fingerprint density at radius 3 is 2.61 bits per heavy atom. The third kappa shape index (κ3) is 1.91. The second-order valence-corrected chi connectivity index (χ2v) is 12.2. The van der Waals surface area contributed by atoms with Crippen molar-refractivity contribution in [2.24, 2.45) is 0 Å². The smallest absolute Gasteiger partial charge is 0.122 e. The molecule has 0 aromatic heterocycles. The Morgan fingerprint density at radius 1 is 1.00 bits per heavy atom. The van der Waals surface area contributed by atoms with Gasteiger partial charge in [0.1, 0.15) is 8.07 Å². The average Bonchev–Trinajstić information content (AvgIpc) is 3.07. The molecule has 1 unspecified atom stereocenters. The topological polar surface area (TPSA) is 3.24 Å². The highest BCUT2D eigenvalue weighted by atomic mass is 28.3. The number of benzene rings is 2. The monoisotopic (exact) mass is 319 g/mol. The fourth-order valence-corrected chi connectivity index (χ4v) is 10.1. The number of anilines is 1. The normalized spacial score (nSPS) is 28.4. The zero-order valence-electron chi connectivity index (χ0n) is 14.0. The molecule has 1 aliphatic carbocycles. The van der Waals surface area contributed by atoms with Crippen LogP contribution < -0.4 is 15.3 Å². The van der Waals surface area contributed by atoms with E-state index in [1.54, 1.807) is 27.2 Å². The van der Waals surface area contributed by atoms with Crippen molar-refractivity contribution in [2.75, 3.05) is 18.0 Å². The van der Waals surface area contributed by atoms with Gasteiger partial charge in [-0.25, -0.2) is 0 Å². The van der Waals surface area contributed by atoms with Crippen LogP contribution in [0.2, 0.25) is 12.1 Å². The van der Waals surface area contributed by atoms with Crippen molar-refractivity contribution in [1.82, 2.24) is 0 Å². The summed E-state index contributed by atoms with van der Waals surface area (Å²) in [6.45, 7) is 5.21. The Morgan fingerprint density at radius 2 is 1.78 bits per heavy atom. The third-order valence-electron chi connectivity index (χ3n) is 6.72. The SMILES string of the molecule is C[Si@]1(c2ccccc2)c2cc3c(cc2N2CCCC1C2)CCC3. The molecule has 1 fully saturated rings. The summed E-state index contributed by atoms with van der Waals surface area (Å²) < 4.78 is 0. The van der Waals surface area contributed by atoms with E-state index < -0.39 is 8.07 Å². The lowest BCUT2D eigenvalue weighted by Gasteiger charge is -2.50. The second-order valence-electron chi connectivity index (χ2n) is 7.85. The summed E-state index contributed by atoms with van der Waals surface area (Å²) in [6.07, 6.45) is 6.74. The number of hydrogen-bond donors (Lipinski definition) is 0. The third-order valence-corrected chi connectivity index (χ3v) is 11.9. The van der Waals surface area contributed by atoms with Gasteiger partial charge in [0, 0.05) is 18.8 Å². The summed E-state index contributed by atoms with van der Waals surface area (Å²) in [5.41, 5.74) is 5.77. The Bertz CT molecular complexity index is 754. The van der Waals surface area contributed by atoms with E-state index in [-0.39, 0.29) is 0 Å². The maximum absolute atomic E-state index is 2.71. The predicted molar refractivity (Wildman–Crippen MR) is 101 cm³/mol. The molecule has 5 rings (SSSR count). The van der Waals surface area contributed by atoms with E-state index in [1.807, 2.05) is 0 Å². The fraction of sp³-hybridized carbons (Fsp3) is 0.429. The number of fused-ring (bicyclic) bond motifs is 5. The van der Waals surface area contributed by atoms with Crippen LogP contribution in [0.5, 0.6) is 0 Å². The molecule has 2 aromatic rings. The summed E-state index contributed by atoms with van der Waals surface area (Å²) >= 11 is 0. The number of nitrogens with zero attached hydrogens (tertiary/aromatic N) is 1. The molecule has 1 nitrogen and oxygen atoms in total. The number of aryl methyl sites for hydroxylation is 2. The van der Waals surface area contributed by atoms with Crippen LogP contribution in [-0.2, 0) is 12.8 Å². The first-order chi connectivity index (χ1) is 11.3. The molecule has 2 heterocycles. The van der Waals surface area contributed by atoms with Crippen LogP contribution in [0, 0.1) is 0 Å². The van der Waals surface area contributed by atoms with Gasteiger partial charge in [-0.15, -0.1) is 0 Å². The minimum absolute atomic E-state index is 0.880. The molecule has 0 N–H and O–H groups in total. The lowest BCUT2D eigenvalue weighted by molar-refractivity contribution is 0.561. The van der Waals surface area contributed by atoms with E-state index in [9.17, 15) is 0 Å². The lowest BCUT2D eigenvalue weighted by atomic mass is 10.0. The molecule has 2 atom stereocenters. The number of hydrogen-bond acceptors (Lipinski definition) is 1. The summed E-state index contributed by atoms with van der Waals surface area (Å²) in [4.78, 5) is 2.71. The van der Waals surface area contributed by atoms with Crippen LogP contribution >= 0.6 is 0 Å². The van der Waals surface area contributed by atoms with Gasteiger partial charge < -0.3 is 4.90 Å². The van der Waals surface area contributed by atoms with E-state index in [4.69, 9.17) is 0 Å². The Labute approximate surface area is 140 Å². The maximum Gasteiger partial charge on any atom is 0.122 e. The van der Waals surface area contributed by atoms with Gasteiger partial charge in [0.05, 0.1) is 0 Å². The first-order valence-corrected chi connectivity index (χ1v) is 11.8. The van der Waals surface area contributed by atoms with Crippen molar-refractivity contribution in [3.63, 3.8) is 0 Å². The highest BCUT2D eigenvalue weighted by molar-refractivity contribution is 7.03. The molecular weight excluding hydrogens is 294 g/mol. The standard InChI is InChI=1S/C21H25NSi/c1-23(18-9-3-2-4-10-18)19-11-6-12-22(15-19)20-13-16-7-5-8-17(16)14-21(20)23/h2-4,9-10,13-14,19H,5-8,11-12,15H2,1H3/t19?,23-/m1/s1. The summed E-state index contributed by atoms with van der Waals surface area (Å²) in [6, 6.07) is 16.7. The number of rotatable bonds is 1. The second kappa shape index (κ2) is 4.97. The lowest BCUT2D eigenvalue weighted by Crippen LogP contribution is -2.66. The van der Waals surface area contributed by atoms with Crippen molar-refractivity contribution in [3.8, 4) is 0 Å². The predicted octanol–water partition coefficient (Wildman–Crippen LogP) is 3.35. The Kier molecular flexibility index (Phi) is 3.00. The number of piperidine rings is 1. The molecule has 3 aliphatic rings. The van der Waals surface area contributed by atoms with E-state index in [1.165, 1.54) is 45.2 Å². The summed E-state index contributed by atoms with van der Waals surface area (Å²) in [5.74, 6) is 0. The molecule has 0 saturated carbocycles. The quantitative estimate of drug-likeness (QED) is 0.729. The molecule has 2 aromatic carbocycles. The largest absolute Gasteiger partial charge is 0.372 e. The first-order valence-electron chi connectivity index (χ1n) is 9.23. The molecule has 2 heteroatoms. The zero-order valence-corrected chi connectivity index (χ0v) is 15.0.